The van der Waals surface area contributed by atoms with Gasteiger partial charge >= 0.3 is 0 Å². The number of hydrogen-bond donors (Lipinski definition) is 1. The highest BCUT2D eigenvalue weighted by molar-refractivity contribution is 5.59. The van der Waals surface area contributed by atoms with Crippen LogP contribution in [0.25, 0.3) is 0 Å². The maximum absolute atomic E-state index is 6.00. The fraction of sp³-hybridized carbons (Fsp3) is 0.438. The Balaban J connectivity index is 2.26. The maximum atomic E-state index is 6.00. The number of anilines is 1. The molecule has 0 spiro atoms. The summed E-state index contributed by atoms with van der Waals surface area (Å²) in [7, 11) is 3.72. The van der Waals surface area contributed by atoms with Gasteiger partial charge in [0.2, 0.25) is 0 Å². The van der Waals surface area contributed by atoms with Crippen LogP contribution in [-0.4, -0.2) is 30.5 Å². The van der Waals surface area contributed by atoms with E-state index in [2.05, 4.69) is 23.1 Å². The highest BCUT2D eigenvalue weighted by Gasteiger charge is 2.20. The lowest BCUT2D eigenvalue weighted by Gasteiger charge is -2.29. The van der Waals surface area contributed by atoms with Gasteiger partial charge in [-0.15, -0.1) is 0 Å². The van der Waals surface area contributed by atoms with Crippen LogP contribution in [0.2, 0.25) is 0 Å². The molecule has 0 fully saturated rings. The Morgan fingerprint density at radius 1 is 1.38 bits per heavy atom. The highest BCUT2D eigenvalue weighted by atomic mass is 16.5. The summed E-state index contributed by atoms with van der Waals surface area (Å²) < 4.78 is 7.40. The smallest absolute Gasteiger partial charge is 0.142 e. The molecular formula is C16H24N4O. The van der Waals surface area contributed by atoms with E-state index in [9.17, 15) is 0 Å². The van der Waals surface area contributed by atoms with Crippen LogP contribution in [0.15, 0.2) is 36.7 Å². The van der Waals surface area contributed by atoms with Gasteiger partial charge in [0.1, 0.15) is 5.75 Å². The number of hydrogen-bond acceptors (Lipinski definition) is 4. The Morgan fingerprint density at radius 3 is 2.81 bits per heavy atom. The van der Waals surface area contributed by atoms with Crippen molar-refractivity contribution in [1.29, 1.82) is 0 Å². The minimum Gasteiger partial charge on any atom is -0.495 e. The lowest BCUT2D eigenvalue weighted by Crippen LogP contribution is -2.30. The van der Waals surface area contributed by atoms with E-state index in [0.717, 1.165) is 30.0 Å². The molecule has 0 amide bonds. The first-order valence-electron chi connectivity index (χ1n) is 7.29. The van der Waals surface area contributed by atoms with E-state index in [1.54, 1.807) is 7.11 Å². The number of rotatable bonds is 7. The van der Waals surface area contributed by atoms with Gasteiger partial charge in [-0.05, 0) is 18.6 Å². The number of ether oxygens (including phenoxy) is 1. The number of aryl methyl sites for hydroxylation is 1. The molecule has 1 aromatic carbocycles. The third-order valence-electron chi connectivity index (χ3n) is 3.65. The number of nitrogens with two attached hydrogens (primary N) is 1. The van der Waals surface area contributed by atoms with Crippen molar-refractivity contribution < 1.29 is 4.74 Å². The second-order valence-corrected chi connectivity index (χ2v) is 5.07. The second-order valence-electron chi connectivity index (χ2n) is 5.07. The van der Waals surface area contributed by atoms with E-state index in [1.165, 1.54) is 0 Å². The van der Waals surface area contributed by atoms with Gasteiger partial charge in [0.05, 0.1) is 25.0 Å². The molecule has 0 saturated carbocycles. The molecule has 1 atom stereocenters. The average molecular weight is 288 g/mol. The van der Waals surface area contributed by atoms with E-state index in [4.69, 9.17) is 10.5 Å². The van der Waals surface area contributed by atoms with Crippen molar-refractivity contribution in [2.45, 2.75) is 25.9 Å². The molecule has 2 aromatic rings. The van der Waals surface area contributed by atoms with Gasteiger partial charge in [0.15, 0.2) is 0 Å². The number of likely N-dealkylation sites (N-methyl/N-ethyl adjacent to an activating group) is 1. The summed E-state index contributed by atoms with van der Waals surface area (Å²) in [6.45, 7) is 3.59. The molecule has 0 saturated heterocycles. The molecule has 21 heavy (non-hydrogen) atoms. The van der Waals surface area contributed by atoms with Gasteiger partial charge in [-0.1, -0.05) is 19.1 Å². The summed E-state index contributed by atoms with van der Waals surface area (Å²) >= 11 is 0. The molecule has 2 N–H and O–H groups in total. The molecule has 1 heterocycles. The summed E-state index contributed by atoms with van der Waals surface area (Å²) in [6, 6.07) is 8.04. The van der Waals surface area contributed by atoms with E-state index < -0.39 is 0 Å². The highest BCUT2D eigenvalue weighted by Crippen LogP contribution is 2.32. The van der Waals surface area contributed by atoms with Crippen molar-refractivity contribution in [2.24, 2.45) is 5.73 Å². The van der Waals surface area contributed by atoms with Gasteiger partial charge < -0.3 is 15.4 Å². The van der Waals surface area contributed by atoms with Gasteiger partial charge in [-0.25, -0.2) is 0 Å². The van der Waals surface area contributed by atoms with Crippen LogP contribution >= 0.6 is 0 Å². The summed E-state index contributed by atoms with van der Waals surface area (Å²) in [6.07, 6.45) is 5.04. The first-order chi connectivity index (χ1) is 10.2. The minimum atomic E-state index is 0.0758. The molecule has 0 aliphatic rings. The minimum absolute atomic E-state index is 0.0758. The Morgan fingerprint density at radius 2 is 2.14 bits per heavy atom. The second kappa shape index (κ2) is 7.13. The third-order valence-corrected chi connectivity index (χ3v) is 3.65. The summed E-state index contributed by atoms with van der Waals surface area (Å²) in [5, 5.41) is 4.40. The zero-order valence-corrected chi connectivity index (χ0v) is 13.0. The maximum Gasteiger partial charge on any atom is 0.142 e. The van der Waals surface area contributed by atoms with Crippen molar-refractivity contribution in [2.75, 3.05) is 25.6 Å². The number of benzene rings is 1. The van der Waals surface area contributed by atoms with Crippen LogP contribution in [0.1, 0.15) is 24.9 Å². The first-order valence-corrected chi connectivity index (χ1v) is 7.29. The van der Waals surface area contributed by atoms with Crippen molar-refractivity contribution in [3.63, 3.8) is 0 Å². The van der Waals surface area contributed by atoms with Crippen molar-refractivity contribution in [3.05, 3.63) is 42.2 Å². The molecule has 0 bridgehead atoms. The van der Waals surface area contributed by atoms with Crippen molar-refractivity contribution in [3.8, 4) is 5.75 Å². The molecule has 1 aromatic heterocycles. The molecule has 0 radical (unpaired) electrons. The van der Waals surface area contributed by atoms with Crippen molar-refractivity contribution in [1.82, 2.24) is 9.78 Å². The number of aromatic nitrogens is 2. The topological polar surface area (TPSA) is 56.3 Å². The molecule has 114 valence electrons. The average Bonchev–Trinajstić information content (AvgIpc) is 2.96. The summed E-state index contributed by atoms with van der Waals surface area (Å²) in [5.41, 5.74) is 8.15. The van der Waals surface area contributed by atoms with E-state index >= 15 is 0 Å². The van der Waals surface area contributed by atoms with E-state index in [0.29, 0.717) is 6.54 Å². The fourth-order valence-corrected chi connectivity index (χ4v) is 2.51. The number of para-hydroxylation sites is 2. The number of methoxy groups -OCH3 is 1. The predicted octanol–water partition coefficient (Wildman–Crippen LogP) is 2.44. The van der Waals surface area contributed by atoms with Crippen LogP contribution < -0.4 is 15.4 Å². The molecule has 1 unspecified atom stereocenters. The first kappa shape index (κ1) is 15.4. The summed E-state index contributed by atoms with van der Waals surface area (Å²) in [4.78, 5) is 2.14. The predicted molar refractivity (Wildman–Crippen MR) is 85.7 cm³/mol. The van der Waals surface area contributed by atoms with Crippen LogP contribution in [0.5, 0.6) is 5.75 Å². The molecule has 2 rings (SSSR count). The molecule has 5 heteroatoms. The third kappa shape index (κ3) is 3.36. The molecule has 5 nitrogen and oxygen atoms in total. The van der Waals surface area contributed by atoms with Gasteiger partial charge in [-0.2, -0.15) is 5.10 Å². The van der Waals surface area contributed by atoms with E-state index in [-0.39, 0.29) is 6.04 Å². The molecule has 0 aliphatic heterocycles. The summed E-state index contributed by atoms with van der Waals surface area (Å²) in [5.74, 6) is 0.847. The van der Waals surface area contributed by atoms with Crippen LogP contribution in [0.4, 0.5) is 5.69 Å². The lowest BCUT2D eigenvalue weighted by atomic mass is 10.1. The largest absolute Gasteiger partial charge is 0.495 e. The monoisotopic (exact) mass is 288 g/mol. The Hall–Kier alpha value is -2.01. The number of nitrogens with zero attached hydrogens (tertiary/aromatic N) is 3. The Kier molecular flexibility index (Phi) is 5.22. The molecule has 0 aliphatic carbocycles. The van der Waals surface area contributed by atoms with Crippen LogP contribution in [0, 0.1) is 0 Å². The van der Waals surface area contributed by atoms with Gasteiger partial charge in [0, 0.05) is 31.9 Å². The zero-order valence-electron chi connectivity index (χ0n) is 13.0. The van der Waals surface area contributed by atoms with E-state index in [1.807, 2.05) is 42.2 Å². The molecular weight excluding hydrogens is 264 g/mol. The Bertz CT molecular complexity index is 567. The lowest BCUT2D eigenvalue weighted by molar-refractivity contribution is 0.413. The normalized spacial score (nSPS) is 12.2. The quantitative estimate of drug-likeness (QED) is 0.850. The van der Waals surface area contributed by atoms with Crippen molar-refractivity contribution >= 4 is 5.69 Å². The zero-order chi connectivity index (χ0) is 15.2. The van der Waals surface area contributed by atoms with Gasteiger partial charge in [0.25, 0.3) is 0 Å². The van der Waals surface area contributed by atoms with Crippen LogP contribution in [0.3, 0.4) is 0 Å². The fourth-order valence-electron chi connectivity index (χ4n) is 2.51. The Labute approximate surface area is 126 Å². The van der Waals surface area contributed by atoms with Crippen LogP contribution in [-0.2, 0) is 6.54 Å². The SMILES string of the molecule is CCCn1cc(C(CN)N(C)c2ccccc2OC)cn1. The standard InChI is InChI=1S/C16H24N4O/c1-4-9-20-12-13(11-18-20)15(10-17)19(2)14-7-5-6-8-16(14)21-3/h5-8,11-12,15H,4,9-10,17H2,1-3H3. The van der Waals surface area contributed by atoms with Gasteiger partial charge in [-0.3, -0.25) is 4.68 Å².